The molecule has 0 bridgehead atoms. The standard InChI is InChI=1S/C19H25Cl2N5O4/c20-11-8-14(24-15(11)21)19(30)26-13(6-9-3-4-9)18(29)25-12(16(22)27)7-10-2-1-5-23-17(10)28/h8-10,12-13,24H,1-7H2,(H2,22,27)(H,23,28)(H,25,29)(H,26,30)/t10-,12-,13-/m0/s1. The van der Waals surface area contributed by atoms with E-state index in [4.69, 9.17) is 28.9 Å². The maximum Gasteiger partial charge on any atom is 0.268 e. The number of piperidine rings is 1. The number of nitrogens with two attached hydrogens (primary N) is 1. The number of rotatable bonds is 9. The number of aromatic amines is 1. The molecule has 1 aromatic rings. The molecule has 2 aliphatic rings. The highest BCUT2D eigenvalue weighted by Crippen LogP contribution is 2.33. The van der Waals surface area contributed by atoms with E-state index in [1.165, 1.54) is 6.07 Å². The van der Waals surface area contributed by atoms with E-state index >= 15 is 0 Å². The smallest absolute Gasteiger partial charge is 0.268 e. The van der Waals surface area contributed by atoms with E-state index in [9.17, 15) is 19.2 Å². The van der Waals surface area contributed by atoms with E-state index < -0.39 is 35.7 Å². The number of carbonyl (C=O) groups is 4. The SMILES string of the molecule is NC(=O)[C@H](C[C@@H]1CCCNC1=O)NC(=O)[C@H](CC1CC1)NC(=O)c1cc(Cl)c(Cl)[nH]1. The van der Waals surface area contributed by atoms with Gasteiger partial charge in [-0.15, -0.1) is 0 Å². The molecule has 1 saturated carbocycles. The zero-order valence-corrected chi connectivity index (χ0v) is 17.8. The van der Waals surface area contributed by atoms with Crippen LogP contribution in [-0.4, -0.2) is 47.2 Å². The number of aromatic nitrogens is 1. The number of carbonyl (C=O) groups excluding carboxylic acids is 4. The van der Waals surface area contributed by atoms with Gasteiger partial charge in [0.05, 0.1) is 5.02 Å². The fourth-order valence-electron chi connectivity index (χ4n) is 3.54. The average Bonchev–Trinajstić information content (AvgIpc) is 3.45. The van der Waals surface area contributed by atoms with Gasteiger partial charge >= 0.3 is 0 Å². The van der Waals surface area contributed by atoms with Gasteiger partial charge in [0.15, 0.2) is 0 Å². The molecule has 2 heterocycles. The zero-order valence-electron chi connectivity index (χ0n) is 16.3. The van der Waals surface area contributed by atoms with Crippen LogP contribution in [0.3, 0.4) is 0 Å². The van der Waals surface area contributed by atoms with Crippen molar-refractivity contribution in [1.29, 1.82) is 0 Å². The maximum absolute atomic E-state index is 12.9. The molecule has 0 spiro atoms. The highest BCUT2D eigenvalue weighted by atomic mass is 35.5. The summed E-state index contributed by atoms with van der Waals surface area (Å²) in [6.07, 6.45) is 3.94. The number of hydrogen-bond donors (Lipinski definition) is 5. The van der Waals surface area contributed by atoms with E-state index in [1.54, 1.807) is 0 Å². The largest absolute Gasteiger partial charge is 0.368 e. The first kappa shape index (κ1) is 22.4. The van der Waals surface area contributed by atoms with Gasteiger partial charge in [0.1, 0.15) is 22.9 Å². The van der Waals surface area contributed by atoms with Crippen LogP contribution in [-0.2, 0) is 14.4 Å². The number of nitrogens with one attached hydrogen (secondary N) is 4. The molecule has 3 rings (SSSR count). The summed E-state index contributed by atoms with van der Waals surface area (Å²) in [5, 5.41) is 8.37. The summed E-state index contributed by atoms with van der Waals surface area (Å²) >= 11 is 11.7. The van der Waals surface area contributed by atoms with Gasteiger partial charge in [0.25, 0.3) is 5.91 Å². The van der Waals surface area contributed by atoms with Gasteiger partial charge in [-0.1, -0.05) is 36.0 Å². The third-order valence-electron chi connectivity index (χ3n) is 5.44. The quantitative estimate of drug-likeness (QED) is 0.377. The Balaban J connectivity index is 1.66. The topological polar surface area (TPSA) is 146 Å². The maximum atomic E-state index is 12.9. The van der Waals surface area contributed by atoms with Crippen molar-refractivity contribution in [3.63, 3.8) is 0 Å². The van der Waals surface area contributed by atoms with Crippen molar-refractivity contribution in [1.82, 2.24) is 20.9 Å². The second kappa shape index (κ2) is 9.70. The zero-order chi connectivity index (χ0) is 21.8. The highest BCUT2D eigenvalue weighted by molar-refractivity contribution is 6.41. The second-order valence-corrected chi connectivity index (χ2v) is 8.66. The van der Waals surface area contributed by atoms with Crippen LogP contribution in [0.4, 0.5) is 0 Å². The number of primary amides is 1. The van der Waals surface area contributed by atoms with E-state index in [-0.39, 0.29) is 28.2 Å². The van der Waals surface area contributed by atoms with Crippen molar-refractivity contribution in [2.24, 2.45) is 17.6 Å². The molecule has 0 aromatic carbocycles. The Bertz CT molecular complexity index is 819. The van der Waals surface area contributed by atoms with E-state index in [0.29, 0.717) is 25.3 Å². The van der Waals surface area contributed by atoms with Crippen molar-refractivity contribution in [2.75, 3.05) is 6.54 Å². The molecule has 1 aliphatic carbocycles. The minimum atomic E-state index is -1.00. The van der Waals surface area contributed by atoms with Crippen molar-refractivity contribution in [3.05, 3.63) is 21.9 Å². The van der Waals surface area contributed by atoms with Gasteiger partial charge in [-0.2, -0.15) is 0 Å². The van der Waals surface area contributed by atoms with Crippen LogP contribution in [0, 0.1) is 11.8 Å². The highest BCUT2D eigenvalue weighted by Gasteiger charge is 2.34. The fraction of sp³-hybridized carbons (Fsp3) is 0.579. The van der Waals surface area contributed by atoms with Crippen LogP contribution < -0.4 is 21.7 Å². The molecule has 1 aliphatic heterocycles. The Morgan fingerprint density at radius 1 is 1.13 bits per heavy atom. The third kappa shape index (κ3) is 5.89. The molecule has 0 unspecified atom stereocenters. The Morgan fingerprint density at radius 3 is 2.43 bits per heavy atom. The lowest BCUT2D eigenvalue weighted by Crippen LogP contribution is -2.54. The fourth-order valence-corrected chi connectivity index (χ4v) is 3.86. The first-order chi connectivity index (χ1) is 14.2. The number of amides is 4. The number of hydrogen-bond acceptors (Lipinski definition) is 4. The first-order valence-electron chi connectivity index (χ1n) is 9.97. The molecule has 30 heavy (non-hydrogen) atoms. The molecule has 9 nitrogen and oxygen atoms in total. The van der Waals surface area contributed by atoms with Crippen molar-refractivity contribution >= 4 is 46.8 Å². The minimum Gasteiger partial charge on any atom is -0.368 e. The summed E-state index contributed by atoms with van der Waals surface area (Å²) in [7, 11) is 0. The summed E-state index contributed by atoms with van der Waals surface area (Å²) in [5.41, 5.74) is 5.59. The Labute approximate surface area is 183 Å². The lowest BCUT2D eigenvalue weighted by molar-refractivity contribution is -0.131. The average molecular weight is 458 g/mol. The Morgan fingerprint density at radius 2 is 1.87 bits per heavy atom. The molecule has 164 valence electrons. The predicted octanol–water partition coefficient (Wildman–Crippen LogP) is 1.11. The lowest BCUT2D eigenvalue weighted by atomic mass is 9.91. The molecular weight excluding hydrogens is 433 g/mol. The third-order valence-corrected chi connectivity index (χ3v) is 6.13. The van der Waals surface area contributed by atoms with E-state index in [1.807, 2.05) is 0 Å². The van der Waals surface area contributed by atoms with Crippen LogP contribution in [0.5, 0.6) is 0 Å². The van der Waals surface area contributed by atoms with E-state index in [0.717, 1.165) is 19.3 Å². The Kier molecular flexibility index (Phi) is 7.25. The minimum absolute atomic E-state index is 0.124. The van der Waals surface area contributed by atoms with Crippen LogP contribution in [0.2, 0.25) is 10.2 Å². The van der Waals surface area contributed by atoms with Gasteiger partial charge in [-0.25, -0.2) is 0 Å². The van der Waals surface area contributed by atoms with Gasteiger partial charge < -0.3 is 26.7 Å². The summed E-state index contributed by atoms with van der Waals surface area (Å²) in [5.74, 6) is -1.98. The molecule has 4 amide bonds. The molecule has 11 heteroatoms. The second-order valence-electron chi connectivity index (χ2n) is 7.88. The van der Waals surface area contributed by atoms with Crippen LogP contribution in [0.1, 0.15) is 49.0 Å². The van der Waals surface area contributed by atoms with Crippen molar-refractivity contribution in [3.8, 4) is 0 Å². The molecular formula is C19H25Cl2N5O4. The van der Waals surface area contributed by atoms with Gasteiger partial charge in [-0.3, -0.25) is 19.2 Å². The van der Waals surface area contributed by atoms with Gasteiger partial charge in [-0.05, 0) is 37.7 Å². The summed E-state index contributed by atoms with van der Waals surface area (Å²) in [4.78, 5) is 52.0. The Hall–Kier alpha value is -2.26. The molecule has 0 radical (unpaired) electrons. The van der Waals surface area contributed by atoms with Gasteiger partial charge in [0.2, 0.25) is 17.7 Å². The predicted molar refractivity (Wildman–Crippen MR) is 111 cm³/mol. The molecule has 2 fully saturated rings. The molecule has 3 atom stereocenters. The number of halogens is 2. The summed E-state index contributed by atoms with van der Waals surface area (Å²) in [6.45, 7) is 0.602. The molecule has 1 aromatic heterocycles. The van der Waals surface area contributed by atoms with Gasteiger partial charge in [0, 0.05) is 12.5 Å². The summed E-state index contributed by atoms with van der Waals surface area (Å²) < 4.78 is 0. The van der Waals surface area contributed by atoms with Crippen LogP contribution in [0.25, 0.3) is 0 Å². The normalized spacial score (nSPS) is 20.7. The molecule has 6 N–H and O–H groups in total. The van der Waals surface area contributed by atoms with Crippen molar-refractivity contribution in [2.45, 2.75) is 50.6 Å². The van der Waals surface area contributed by atoms with E-state index in [2.05, 4.69) is 20.9 Å². The summed E-state index contributed by atoms with van der Waals surface area (Å²) in [6, 6.07) is -0.480. The first-order valence-corrected chi connectivity index (χ1v) is 10.7. The van der Waals surface area contributed by atoms with Crippen LogP contribution in [0.15, 0.2) is 6.07 Å². The monoisotopic (exact) mass is 457 g/mol. The van der Waals surface area contributed by atoms with Crippen LogP contribution >= 0.6 is 23.2 Å². The van der Waals surface area contributed by atoms with Crippen molar-refractivity contribution < 1.29 is 19.2 Å². The lowest BCUT2D eigenvalue weighted by Gasteiger charge is -2.27. The molecule has 1 saturated heterocycles. The number of H-pyrrole nitrogens is 1.